The Balaban J connectivity index is 1.71. The summed E-state index contributed by atoms with van der Waals surface area (Å²) < 4.78 is 0. The molecular formula is C16H24N2. The molecule has 0 aliphatic carbocycles. The van der Waals surface area contributed by atoms with Gasteiger partial charge in [0.2, 0.25) is 0 Å². The molecule has 98 valence electrons. The first kappa shape index (κ1) is 12.0. The molecule has 18 heavy (non-hydrogen) atoms. The lowest BCUT2D eigenvalue weighted by Crippen LogP contribution is -2.31. The van der Waals surface area contributed by atoms with Gasteiger partial charge in [0, 0.05) is 24.8 Å². The summed E-state index contributed by atoms with van der Waals surface area (Å²) in [5.74, 6) is 0. The van der Waals surface area contributed by atoms with Crippen LogP contribution in [0.2, 0.25) is 0 Å². The normalized spacial score (nSPS) is 24.4. The van der Waals surface area contributed by atoms with Crippen LogP contribution in [0.4, 0.5) is 5.69 Å². The van der Waals surface area contributed by atoms with Gasteiger partial charge in [0.15, 0.2) is 0 Å². The minimum absolute atomic E-state index is 0.749. The van der Waals surface area contributed by atoms with E-state index in [1.165, 1.54) is 55.5 Å². The van der Waals surface area contributed by atoms with Crippen molar-refractivity contribution in [2.45, 2.75) is 51.6 Å². The van der Waals surface area contributed by atoms with Gasteiger partial charge in [0.05, 0.1) is 0 Å². The number of benzene rings is 1. The van der Waals surface area contributed by atoms with Crippen molar-refractivity contribution in [1.29, 1.82) is 0 Å². The van der Waals surface area contributed by atoms with E-state index >= 15 is 0 Å². The first-order chi connectivity index (χ1) is 8.83. The van der Waals surface area contributed by atoms with Crippen LogP contribution in [0.15, 0.2) is 18.2 Å². The van der Waals surface area contributed by atoms with Gasteiger partial charge in [0.1, 0.15) is 0 Å². The maximum atomic E-state index is 3.44. The third-order valence-corrected chi connectivity index (χ3v) is 4.46. The zero-order valence-electron chi connectivity index (χ0n) is 11.4. The van der Waals surface area contributed by atoms with Gasteiger partial charge < -0.3 is 5.32 Å². The Morgan fingerprint density at radius 1 is 1.28 bits per heavy atom. The molecule has 1 saturated heterocycles. The van der Waals surface area contributed by atoms with Crippen molar-refractivity contribution >= 4 is 5.69 Å². The van der Waals surface area contributed by atoms with Crippen molar-refractivity contribution in [2.75, 3.05) is 18.4 Å². The lowest BCUT2D eigenvalue weighted by atomic mass is 10.1. The highest BCUT2D eigenvalue weighted by atomic mass is 15.1. The minimum atomic E-state index is 0.749. The van der Waals surface area contributed by atoms with Gasteiger partial charge in [-0.3, -0.25) is 4.90 Å². The molecule has 1 aromatic rings. The molecule has 1 unspecified atom stereocenters. The molecule has 0 spiro atoms. The number of fused-ring (bicyclic) bond motifs is 1. The molecule has 2 heterocycles. The van der Waals surface area contributed by atoms with Gasteiger partial charge in [-0.25, -0.2) is 0 Å². The first-order valence-electron chi connectivity index (χ1n) is 7.42. The number of anilines is 1. The molecule has 2 aliphatic heterocycles. The molecule has 0 amide bonds. The van der Waals surface area contributed by atoms with Crippen molar-refractivity contribution in [3.63, 3.8) is 0 Å². The minimum Gasteiger partial charge on any atom is -0.384 e. The summed E-state index contributed by atoms with van der Waals surface area (Å²) in [5, 5.41) is 3.44. The second-order valence-corrected chi connectivity index (χ2v) is 5.84. The molecule has 1 atom stereocenters. The standard InChI is InChI=1S/C16H24N2/c1-13-5-3-2-4-10-18(13)12-14-6-7-16-15(11-14)8-9-17-16/h6-7,11,13,17H,2-5,8-10,12H2,1H3. The Morgan fingerprint density at radius 3 is 3.17 bits per heavy atom. The third kappa shape index (κ3) is 2.54. The summed E-state index contributed by atoms with van der Waals surface area (Å²) in [6.07, 6.45) is 6.75. The summed E-state index contributed by atoms with van der Waals surface area (Å²) >= 11 is 0. The van der Waals surface area contributed by atoms with Gasteiger partial charge in [-0.15, -0.1) is 0 Å². The summed E-state index contributed by atoms with van der Waals surface area (Å²) in [6.45, 7) is 5.91. The van der Waals surface area contributed by atoms with E-state index in [0.29, 0.717) is 0 Å². The van der Waals surface area contributed by atoms with E-state index in [2.05, 4.69) is 35.3 Å². The lowest BCUT2D eigenvalue weighted by Gasteiger charge is -2.27. The molecule has 0 radical (unpaired) electrons. The Bertz CT molecular complexity index is 414. The predicted molar refractivity (Wildman–Crippen MR) is 77.0 cm³/mol. The largest absolute Gasteiger partial charge is 0.384 e. The van der Waals surface area contributed by atoms with Gasteiger partial charge in [-0.2, -0.15) is 0 Å². The molecule has 1 N–H and O–H groups in total. The summed E-state index contributed by atoms with van der Waals surface area (Å²) in [6, 6.07) is 7.72. The molecule has 0 aromatic heterocycles. The number of nitrogens with one attached hydrogen (secondary N) is 1. The average Bonchev–Trinajstić information content (AvgIpc) is 2.75. The van der Waals surface area contributed by atoms with E-state index in [0.717, 1.165) is 19.1 Å². The molecule has 1 fully saturated rings. The van der Waals surface area contributed by atoms with Crippen LogP contribution >= 0.6 is 0 Å². The predicted octanol–water partition coefficient (Wildman–Crippen LogP) is 3.42. The van der Waals surface area contributed by atoms with Gasteiger partial charge in [-0.05, 0) is 49.9 Å². The Kier molecular flexibility index (Phi) is 3.55. The molecule has 0 saturated carbocycles. The van der Waals surface area contributed by atoms with Crippen molar-refractivity contribution in [3.8, 4) is 0 Å². The van der Waals surface area contributed by atoms with Gasteiger partial charge in [0.25, 0.3) is 0 Å². The van der Waals surface area contributed by atoms with Crippen molar-refractivity contribution in [1.82, 2.24) is 4.90 Å². The third-order valence-electron chi connectivity index (χ3n) is 4.46. The topological polar surface area (TPSA) is 15.3 Å². The van der Waals surface area contributed by atoms with Crippen molar-refractivity contribution < 1.29 is 0 Å². The van der Waals surface area contributed by atoms with E-state index in [9.17, 15) is 0 Å². The van der Waals surface area contributed by atoms with Crippen LogP contribution in [0.25, 0.3) is 0 Å². The van der Waals surface area contributed by atoms with E-state index in [4.69, 9.17) is 0 Å². The molecule has 2 heteroatoms. The number of hydrogen-bond donors (Lipinski definition) is 1. The van der Waals surface area contributed by atoms with Crippen LogP contribution in [-0.4, -0.2) is 24.0 Å². The van der Waals surface area contributed by atoms with Gasteiger partial charge in [-0.1, -0.05) is 25.0 Å². The van der Waals surface area contributed by atoms with E-state index < -0.39 is 0 Å². The number of likely N-dealkylation sites (tertiary alicyclic amines) is 1. The van der Waals surface area contributed by atoms with Crippen LogP contribution in [0, 0.1) is 0 Å². The fraction of sp³-hybridized carbons (Fsp3) is 0.625. The maximum absolute atomic E-state index is 3.44. The number of nitrogens with zero attached hydrogens (tertiary/aromatic N) is 1. The molecule has 1 aromatic carbocycles. The molecule has 2 aliphatic rings. The number of rotatable bonds is 2. The van der Waals surface area contributed by atoms with Crippen LogP contribution < -0.4 is 5.32 Å². The van der Waals surface area contributed by atoms with Crippen molar-refractivity contribution in [2.24, 2.45) is 0 Å². The first-order valence-corrected chi connectivity index (χ1v) is 7.42. The monoisotopic (exact) mass is 244 g/mol. The average molecular weight is 244 g/mol. The molecule has 0 bridgehead atoms. The lowest BCUT2D eigenvalue weighted by molar-refractivity contribution is 0.205. The summed E-state index contributed by atoms with van der Waals surface area (Å²) in [5.41, 5.74) is 4.35. The van der Waals surface area contributed by atoms with E-state index in [1.54, 1.807) is 0 Å². The Labute approximate surface area is 110 Å². The van der Waals surface area contributed by atoms with Crippen LogP contribution in [0.3, 0.4) is 0 Å². The number of hydrogen-bond acceptors (Lipinski definition) is 2. The Morgan fingerprint density at radius 2 is 2.22 bits per heavy atom. The summed E-state index contributed by atoms with van der Waals surface area (Å²) in [7, 11) is 0. The second-order valence-electron chi connectivity index (χ2n) is 5.84. The maximum Gasteiger partial charge on any atom is 0.0373 e. The SMILES string of the molecule is CC1CCCCCN1Cc1ccc2c(c1)CCN2. The Hall–Kier alpha value is -1.02. The van der Waals surface area contributed by atoms with E-state index in [1.807, 2.05) is 0 Å². The van der Waals surface area contributed by atoms with Crippen LogP contribution in [0.1, 0.15) is 43.7 Å². The highest BCUT2D eigenvalue weighted by Gasteiger charge is 2.18. The fourth-order valence-electron chi connectivity index (χ4n) is 3.26. The van der Waals surface area contributed by atoms with E-state index in [-0.39, 0.29) is 0 Å². The summed E-state index contributed by atoms with van der Waals surface area (Å²) in [4.78, 5) is 2.66. The molecular weight excluding hydrogens is 220 g/mol. The zero-order valence-corrected chi connectivity index (χ0v) is 11.4. The highest BCUT2D eigenvalue weighted by Crippen LogP contribution is 2.25. The quantitative estimate of drug-likeness (QED) is 0.857. The molecule has 3 rings (SSSR count). The van der Waals surface area contributed by atoms with Gasteiger partial charge >= 0.3 is 0 Å². The van der Waals surface area contributed by atoms with Crippen molar-refractivity contribution in [3.05, 3.63) is 29.3 Å². The fourth-order valence-corrected chi connectivity index (χ4v) is 3.26. The molecule has 2 nitrogen and oxygen atoms in total. The second kappa shape index (κ2) is 5.31. The smallest absolute Gasteiger partial charge is 0.0373 e. The highest BCUT2D eigenvalue weighted by molar-refractivity contribution is 5.56. The zero-order chi connectivity index (χ0) is 12.4. The van der Waals surface area contributed by atoms with Crippen LogP contribution in [-0.2, 0) is 13.0 Å². The van der Waals surface area contributed by atoms with Crippen LogP contribution in [0.5, 0.6) is 0 Å².